The van der Waals surface area contributed by atoms with Crippen LogP contribution in [0.5, 0.6) is 0 Å². The first-order chi connectivity index (χ1) is 9.65. The summed E-state index contributed by atoms with van der Waals surface area (Å²) in [5, 5.41) is 0. The van der Waals surface area contributed by atoms with Crippen LogP contribution in [0.25, 0.3) is 11.0 Å². The molecule has 0 bridgehead atoms. The summed E-state index contributed by atoms with van der Waals surface area (Å²) in [5.41, 5.74) is 2.75. The fraction of sp³-hybridized carbons (Fsp3) is 0.143. The zero-order chi connectivity index (χ0) is 14.1. The SMILES string of the molecule is Fc1cc2[nH]c(=S)n(CCc3cccnc3)c2cc1Br. The lowest BCUT2D eigenvalue weighted by Crippen LogP contribution is -2.01. The Morgan fingerprint density at radius 2 is 2.25 bits per heavy atom. The Balaban J connectivity index is 1.97. The fourth-order valence-electron chi connectivity index (χ4n) is 2.16. The first-order valence-corrected chi connectivity index (χ1v) is 7.32. The van der Waals surface area contributed by atoms with Crippen molar-refractivity contribution in [3.63, 3.8) is 0 Å². The average molecular weight is 352 g/mol. The lowest BCUT2D eigenvalue weighted by atomic mass is 10.2. The number of aryl methyl sites for hydroxylation is 2. The van der Waals surface area contributed by atoms with Crippen molar-refractivity contribution < 1.29 is 4.39 Å². The lowest BCUT2D eigenvalue weighted by Gasteiger charge is -2.05. The fourth-order valence-corrected chi connectivity index (χ4v) is 2.79. The highest BCUT2D eigenvalue weighted by Crippen LogP contribution is 2.23. The summed E-state index contributed by atoms with van der Waals surface area (Å²) in [6, 6.07) is 7.15. The zero-order valence-corrected chi connectivity index (χ0v) is 12.8. The summed E-state index contributed by atoms with van der Waals surface area (Å²) in [6.45, 7) is 0.725. The quantitative estimate of drug-likeness (QED) is 0.716. The molecule has 1 N–H and O–H groups in total. The zero-order valence-electron chi connectivity index (χ0n) is 10.4. The maximum atomic E-state index is 13.5. The van der Waals surface area contributed by atoms with Crippen LogP contribution in [0.3, 0.4) is 0 Å². The average Bonchev–Trinajstić information content (AvgIpc) is 2.73. The summed E-state index contributed by atoms with van der Waals surface area (Å²) in [5.74, 6) is -0.298. The number of aromatic nitrogens is 3. The minimum atomic E-state index is -0.298. The number of rotatable bonds is 3. The number of H-pyrrole nitrogens is 1. The molecule has 2 heterocycles. The minimum absolute atomic E-state index is 0.298. The highest BCUT2D eigenvalue weighted by Gasteiger charge is 2.08. The molecule has 3 aromatic rings. The molecule has 0 atom stereocenters. The van der Waals surface area contributed by atoms with Crippen LogP contribution in [0, 0.1) is 10.6 Å². The summed E-state index contributed by atoms with van der Waals surface area (Å²) in [7, 11) is 0. The molecule has 2 aromatic heterocycles. The van der Waals surface area contributed by atoms with Crippen molar-refractivity contribution in [3.05, 3.63) is 57.3 Å². The van der Waals surface area contributed by atoms with Gasteiger partial charge in [0, 0.05) is 25.0 Å². The Hall–Kier alpha value is -1.53. The molecule has 0 amide bonds. The molecular formula is C14H11BrFN3S. The van der Waals surface area contributed by atoms with E-state index in [1.54, 1.807) is 12.3 Å². The third-order valence-electron chi connectivity index (χ3n) is 3.16. The Kier molecular flexibility index (Phi) is 3.67. The van der Waals surface area contributed by atoms with Gasteiger partial charge in [-0.2, -0.15) is 0 Å². The standard InChI is InChI=1S/C14H11BrFN3S/c15-10-6-13-12(7-11(10)16)18-14(20)19(13)5-3-9-2-1-4-17-8-9/h1-2,4,6-8H,3,5H2,(H,18,20). The topological polar surface area (TPSA) is 33.6 Å². The monoisotopic (exact) mass is 351 g/mol. The van der Waals surface area contributed by atoms with Crippen molar-refractivity contribution in [2.24, 2.45) is 0 Å². The second-order valence-electron chi connectivity index (χ2n) is 4.48. The maximum absolute atomic E-state index is 13.5. The van der Waals surface area contributed by atoms with Gasteiger partial charge < -0.3 is 9.55 Å². The molecule has 20 heavy (non-hydrogen) atoms. The lowest BCUT2D eigenvalue weighted by molar-refractivity contribution is 0.622. The van der Waals surface area contributed by atoms with Gasteiger partial charge in [-0.25, -0.2) is 4.39 Å². The van der Waals surface area contributed by atoms with Crippen LogP contribution < -0.4 is 0 Å². The molecule has 0 fully saturated rings. The molecule has 0 aliphatic heterocycles. The number of pyridine rings is 1. The van der Waals surface area contributed by atoms with Gasteiger partial charge in [0.1, 0.15) is 5.82 Å². The van der Waals surface area contributed by atoms with Crippen molar-refractivity contribution in [3.8, 4) is 0 Å². The molecule has 0 unspecified atom stereocenters. The number of benzene rings is 1. The third kappa shape index (κ3) is 2.53. The number of hydrogen-bond acceptors (Lipinski definition) is 2. The van der Waals surface area contributed by atoms with Crippen LogP contribution in [-0.2, 0) is 13.0 Å². The van der Waals surface area contributed by atoms with E-state index in [-0.39, 0.29) is 5.82 Å². The van der Waals surface area contributed by atoms with Crippen molar-refractivity contribution in [1.29, 1.82) is 0 Å². The molecular weight excluding hydrogens is 341 g/mol. The smallest absolute Gasteiger partial charge is 0.178 e. The predicted octanol–water partition coefficient (Wildman–Crippen LogP) is 4.24. The van der Waals surface area contributed by atoms with E-state index in [2.05, 4.69) is 25.9 Å². The second-order valence-corrected chi connectivity index (χ2v) is 5.72. The van der Waals surface area contributed by atoms with E-state index in [0.717, 1.165) is 24.0 Å². The first-order valence-electron chi connectivity index (χ1n) is 6.11. The second kappa shape index (κ2) is 5.46. The van der Waals surface area contributed by atoms with Gasteiger partial charge in [-0.15, -0.1) is 0 Å². The van der Waals surface area contributed by atoms with Crippen LogP contribution in [0.15, 0.2) is 41.1 Å². The Bertz CT molecular complexity index is 810. The molecule has 3 nitrogen and oxygen atoms in total. The Morgan fingerprint density at radius 3 is 3.00 bits per heavy atom. The highest BCUT2D eigenvalue weighted by molar-refractivity contribution is 9.10. The highest BCUT2D eigenvalue weighted by atomic mass is 79.9. The molecule has 3 rings (SSSR count). The van der Waals surface area contributed by atoms with E-state index in [1.165, 1.54) is 6.07 Å². The molecule has 102 valence electrons. The number of aromatic amines is 1. The van der Waals surface area contributed by atoms with E-state index in [9.17, 15) is 4.39 Å². The van der Waals surface area contributed by atoms with Gasteiger partial charge in [-0.3, -0.25) is 4.98 Å². The summed E-state index contributed by atoms with van der Waals surface area (Å²) >= 11 is 8.52. The number of hydrogen-bond donors (Lipinski definition) is 1. The molecule has 0 aliphatic rings. The van der Waals surface area contributed by atoms with E-state index >= 15 is 0 Å². The van der Waals surface area contributed by atoms with Gasteiger partial charge in [-0.1, -0.05) is 6.07 Å². The predicted molar refractivity (Wildman–Crippen MR) is 82.7 cm³/mol. The number of fused-ring (bicyclic) bond motifs is 1. The van der Waals surface area contributed by atoms with E-state index in [0.29, 0.717) is 14.8 Å². The van der Waals surface area contributed by atoms with Crippen LogP contribution in [0.1, 0.15) is 5.56 Å². The van der Waals surface area contributed by atoms with Gasteiger partial charge in [0.15, 0.2) is 4.77 Å². The van der Waals surface area contributed by atoms with Gasteiger partial charge in [0.05, 0.1) is 15.5 Å². The number of halogens is 2. The van der Waals surface area contributed by atoms with Crippen LogP contribution in [0.4, 0.5) is 4.39 Å². The van der Waals surface area contributed by atoms with Crippen molar-refractivity contribution in [1.82, 2.24) is 14.5 Å². The molecule has 1 aromatic carbocycles. The molecule has 0 aliphatic carbocycles. The summed E-state index contributed by atoms with van der Waals surface area (Å²) in [4.78, 5) is 7.13. The number of imidazole rings is 1. The van der Waals surface area contributed by atoms with E-state index in [4.69, 9.17) is 12.2 Å². The van der Waals surface area contributed by atoms with Crippen LogP contribution in [0.2, 0.25) is 0 Å². The summed E-state index contributed by atoms with van der Waals surface area (Å²) in [6.07, 6.45) is 4.42. The number of nitrogens with zero attached hydrogens (tertiary/aromatic N) is 2. The molecule has 6 heteroatoms. The summed E-state index contributed by atoms with van der Waals surface area (Å²) < 4.78 is 16.5. The van der Waals surface area contributed by atoms with Crippen molar-refractivity contribution in [2.45, 2.75) is 13.0 Å². The third-order valence-corrected chi connectivity index (χ3v) is 4.09. The molecule has 0 saturated carbocycles. The van der Waals surface area contributed by atoms with Gasteiger partial charge in [0.25, 0.3) is 0 Å². The first kappa shape index (κ1) is 13.5. The molecule has 0 saturated heterocycles. The number of nitrogens with one attached hydrogen (secondary N) is 1. The largest absolute Gasteiger partial charge is 0.330 e. The van der Waals surface area contributed by atoms with Gasteiger partial charge in [-0.05, 0) is 52.3 Å². The van der Waals surface area contributed by atoms with E-state index in [1.807, 2.05) is 22.9 Å². The minimum Gasteiger partial charge on any atom is -0.330 e. The molecule has 0 spiro atoms. The molecule has 0 radical (unpaired) electrons. The van der Waals surface area contributed by atoms with Crippen LogP contribution >= 0.6 is 28.1 Å². The van der Waals surface area contributed by atoms with Crippen molar-refractivity contribution in [2.75, 3.05) is 0 Å². The van der Waals surface area contributed by atoms with Gasteiger partial charge >= 0.3 is 0 Å². The van der Waals surface area contributed by atoms with E-state index < -0.39 is 0 Å². The Labute approximate surface area is 128 Å². The maximum Gasteiger partial charge on any atom is 0.178 e. The van der Waals surface area contributed by atoms with Crippen LogP contribution in [-0.4, -0.2) is 14.5 Å². The van der Waals surface area contributed by atoms with Gasteiger partial charge in [0.2, 0.25) is 0 Å². The Morgan fingerprint density at radius 1 is 1.40 bits per heavy atom. The normalized spacial score (nSPS) is 11.1. The van der Waals surface area contributed by atoms with Crippen molar-refractivity contribution >= 4 is 39.2 Å².